The van der Waals surface area contributed by atoms with Gasteiger partial charge in [0.1, 0.15) is 18.1 Å². The Morgan fingerprint density at radius 3 is 2.89 bits per heavy atom. The molecule has 0 amide bonds. The van der Waals surface area contributed by atoms with Crippen molar-refractivity contribution >= 4 is 26.8 Å². The van der Waals surface area contributed by atoms with E-state index in [2.05, 4.69) is 27.0 Å². The Bertz CT molecular complexity index is 721. The van der Waals surface area contributed by atoms with Gasteiger partial charge in [-0.15, -0.1) is 0 Å². The maximum Gasteiger partial charge on any atom is 0.123 e. The minimum Gasteiger partial charge on any atom is -0.508 e. The van der Waals surface area contributed by atoms with Crippen LogP contribution in [-0.4, -0.2) is 10.1 Å². The highest BCUT2D eigenvalue weighted by Gasteiger charge is 2.05. The first-order valence-electron chi connectivity index (χ1n) is 5.90. The zero-order chi connectivity index (χ0) is 13.2. The van der Waals surface area contributed by atoms with Crippen LogP contribution in [0.25, 0.3) is 10.9 Å². The first-order chi connectivity index (χ1) is 9.22. The van der Waals surface area contributed by atoms with E-state index in [0.29, 0.717) is 12.4 Å². The van der Waals surface area contributed by atoms with Gasteiger partial charge >= 0.3 is 0 Å². The third kappa shape index (κ3) is 2.58. The molecule has 96 valence electrons. The third-order valence-corrected chi connectivity index (χ3v) is 3.43. The summed E-state index contributed by atoms with van der Waals surface area (Å²) in [5.74, 6) is 0.864. The highest BCUT2D eigenvalue weighted by atomic mass is 79.9. The summed E-state index contributed by atoms with van der Waals surface area (Å²) in [5, 5.41) is 10.5. The van der Waals surface area contributed by atoms with E-state index < -0.39 is 0 Å². The molecular formula is C15H12BrNO2. The van der Waals surface area contributed by atoms with Crippen molar-refractivity contribution in [1.29, 1.82) is 0 Å². The number of H-pyrrole nitrogens is 1. The predicted octanol–water partition coefficient (Wildman–Crippen LogP) is 4.22. The van der Waals surface area contributed by atoms with E-state index in [-0.39, 0.29) is 5.75 Å². The number of phenols is 1. The van der Waals surface area contributed by atoms with Crippen molar-refractivity contribution in [2.24, 2.45) is 0 Å². The van der Waals surface area contributed by atoms with Crippen molar-refractivity contribution in [2.45, 2.75) is 6.61 Å². The summed E-state index contributed by atoms with van der Waals surface area (Å²) in [6.07, 6.45) is 1.94. The van der Waals surface area contributed by atoms with Gasteiger partial charge in [0.05, 0.1) is 0 Å². The standard InChI is InChI=1S/C15H12BrNO2/c16-11-4-5-15-14(6-11)10(8-17-15)9-19-13-3-1-2-12(18)7-13/h1-8,17-18H,9H2. The number of rotatable bonds is 3. The van der Waals surface area contributed by atoms with E-state index >= 15 is 0 Å². The number of aromatic nitrogens is 1. The van der Waals surface area contributed by atoms with E-state index in [9.17, 15) is 5.11 Å². The van der Waals surface area contributed by atoms with E-state index in [1.165, 1.54) is 0 Å². The Morgan fingerprint density at radius 1 is 1.16 bits per heavy atom. The number of fused-ring (bicyclic) bond motifs is 1. The molecule has 1 heterocycles. The van der Waals surface area contributed by atoms with Crippen molar-refractivity contribution in [2.75, 3.05) is 0 Å². The van der Waals surface area contributed by atoms with Crippen LogP contribution < -0.4 is 4.74 Å². The van der Waals surface area contributed by atoms with Crippen LogP contribution in [0.2, 0.25) is 0 Å². The molecule has 0 atom stereocenters. The lowest BCUT2D eigenvalue weighted by molar-refractivity contribution is 0.306. The smallest absolute Gasteiger partial charge is 0.123 e. The summed E-state index contributed by atoms with van der Waals surface area (Å²) < 4.78 is 6.72. The van der Waals surface area contributed by atoms with Crippen molar-refractivity contribution in [3.63, 3.8) is 0 Å². The third-order valence-electron chi connectivity index (χ3n) is 2.94. The highest BCUT2D eigenvalue weighted by Crippen LogP contribution is 2.24. The molecule has 0 spiro atoms. The molecule has 2 aromatic carbocycles. The summed E-state index contributed by atoms with van der Waals surface area (Å²) in [5.41, 5.74) is 2.16. The molecule has 0 fully saturated rings. The maximum atomic E-state index is 9.39. The molecule has 19 heavy (non-hydrogen) atoms. The molecule has 0 aliphatic carbocycles. The van der Waals surface area contributed by atoms with Gasteiger partial charge < -0.3 is 14.8 Å². The number of aromatic amines is 1. The van der Waals surface area contributed by atoms with Crippen LogP contribution in [-0.2, 0) is 6.61 Å². The van der Waals surface area contributed by atoms with Crippen LogP contribution in [0.3, 0.4) is 0 Å². The van der Waals surface area contributed by atoms with Gasteiger partial charge in [-0.25, -0.2) is 0 Å². The summed E-state index contributed by atoms with van der Waals surface area (Å²) in [6, 6.07) is 12.9. The number of hydrogen-bond donors (Lipinski definition) is 2. The first-order valence-corrected chi connectivity index (χ1v) is 6.69. The second kappa shape index (κ2) is 4.97. The van der Waals surface area contributed by atoms with Gasteiger partial charge in [-0.3, -0.25) is 0 Å². The molecular weight excluding hydrogens is 306 g/mol. The molecule has 3 aromatic rings. The van der Waals surface area contributed by atoms with Crippen LogP contribution in [0, 0.1) is 0 Å². The maximum absolute atomic E-state index is 9.39. The number of hydrogen-bond acceptors (Lipinski definition) is 2. The summed E-state index contributed by atoms with van der Waals surface area (Å²) >= 11 is 3.47. The molecule has 3 rings (SSSR count). The van der Waals surface area contributed by atoms with E-state index in [4.69, 9.17) is 4.74 Å². The molecule has 3 nitrogen and oxygen atoms in total. The van der Waals surface area contributed by atoms with E-state index in [1.807, 2.05) is 24.4 Å². The van der Waals surface area contributed by atoms with Crippen molar-refractivity contribution in [3.05, 3.63) is 58.7 Å². The first kappa shape index (κ1) is 12.1. The van der Waals surface area contributed by atoms with Gasteiger partial charge in [0.25, 0.3) is 0 Å². The lowest BCUT2D eigenvalue weighted by Gasteiger charge is -2.05. The molecule has 0 aliphatic heterocycles. The fraction of sp³-hybridized carbons (Fsp3) is 0.0667. The van der Waals surface area contributed by atoms with Crippen LogP contribution in [0.15, 0.2) is 53.1 Å². The fourth-order valence-corrected chi connectivity index (χ4v) is 2.37. The molecule has 2 N–H and O–H groups in total. The summed E-state index contributed by atoms with van der Waals surface area (Å²) in [7, 11) is 0. The van der Waals surface area contributed by atoms with Crippen molar-refractivity contribution < 1.29 is 9.84 Å². The average Bonchev–Trinajstić information content (AvgIpc) is 2.79. The van der Waals surface area contributed by atoms with Crippen molar-refractivity contribution in [1.82, 2.24) is 4.98 Å². The summed E-state index contributed by atoms with van der Waals surface area (Å²) in [6.45, 7) is 0.458. The van der Waals surface area contributed by atoms with Gasteiger partial charge in [0, 0.05) is 33.2 Å². The minimum atomic E-state index is 0.208. The molecule has 0 saturated carbocycles. The zero-order valence-electron chi connectivity index (χ0n) is 10.1. The minimum absolute atomic E-state index is 0.208. The molecule has 1 aromatic heterocycles. The Morgan fingerprint density at radius 2 is 2.05 bits per heavy atom. The van der Waals surface area contributed by atoms with Crippen LogP contribution in [0.4, 0.5) is 0 Å². The zero-order valence-corrected chi connectivity index (χ0v) is 11.6. The van der Waals surface area contributed by atoms with Gasteiger partial charge in [0.2, 0.25) is 0 Å². The fourth-order valence-electron chi connectivity index (χ4n) is 2.00. The molecule has 0 aliphatic rings. The SMILES string of the molecule is Oc1cccc(OCc2c[nH]c3ccc(Br)cc23)c1. The largest absolute Gasteiger partial charge is 0.508 e. The van der Waals surface area contributed by atoms with Crippen LogP contribution >= 0.6 is 15.9 Å². The molecule has 0 unspecified atom stereocenters. The van der Waals surface area contributed by atoms with Gasteiger partial charge in [-0.1, -0.05) is 22.0 Å². The van der Waals surface area contributed by atoms with E-state index in [0.717, 1.165) is 20.9 Å². The number of benzene rings is 2. The van der Waals surface area contributed by atoms with Crippen LogP contribution in [0.1, 0.15) is 5.56 Å². The highest BCUT2D eigenvalue weighted by molar-refractivity contribution is 9.10. The van der Waals surface area contributed by atoms with Gasteiger partial charge in [-0.2, -0.15) is 0 Å². The normalized spacial score (nSPS) is 10.8. The van der Waals surface area contributed by atoms with Crippen LogP contribution in [0.5, 0.6) is 11.5 Å². The second-order valence-corrected chi connectivity index (χ2v) is 5.21. The van der Waals surface area contributed by atoms with Gasteiger partial charge in [-0.05, 0) is 30.3 Å². The van der Waals surface area contributed by atoms with Crippen molar-refractivity contribution in [3.8, 4) is 11.5 Å². The average molecular weight is 318 g/mol. The molecule has 0 bridgehead atoms. The predicted molar refractivity (Wildman–Crippen MR) is 78.4 cm³/mol. The lowest BCUT2D eigenvalue weighted by atomic mass is 10.2. The Balaban J connectivity index is 1.84. The molecule has 4 heteroatoms. The molecule has 0 radical (unpaired) electrons. The monoisotopic (exact) mass is 317 g/mol. The molecule has 0 saturated heterocycles. The number of phenolic OH excluding ortho intramolecular Hbond substituents is 1. The topological polar surface area (TPSA) is 45.2 Å². The van der Waals surface area contributed by atoms with Gasteiger partial charge in [0.15, 0.2) is 0 Å². The Labute approximate surface area is 119 Å². The quantitative estimate of drug-likeness (QED) is 0.759. The number of ether oxygens (including phenoxy) is 1. The lowest BCUT2D eigenvalue weighted by Crippen LogP contribution is -1.94. The second-order valence-electron chi connectivity index (χ2n) is 4.29. The Kier molecular flexibility index (Phi) is 3.17. The number of halogens is 1. The Hall–Kier alpha value is -1.94. The van der Waals surface area contributed by atoms with E-state index in [1.54, 1.807) is 18.2 Å². The number of aromatic hydroxyl groups is 1. The summed E-state index contributed by atoms with van der Waals surface area (Å²) in [4.78, 5) is 3.21. The number of nitrogens with one attached hydrogen (secondary N) is 1.